The number of nitrogens with one attached hydrogen (secondary N) is 1. The number of benzene rings is 2. The van der Waals surface area contributed by atoms with Crippen molar-refractivity contribution >= 4 is 33.3 Å². The molecule has 0 saturated carbocycles. The number of aromatic nitrogens is 3. The highest BCUT2D eigenvalue weighted by molar-refractivity contribution is 6.07. The molecule has 3 aliphatic rings. The van der Waals surface area contributed by atoms with Crippen molar-refractivity contribution in [2.75, 3.05) is 43.9 Å². The number of halogens is 4. The number of hydrogen-bond donors (Lipinski definition) is 2. The normalized spacial score (nSPS) is 23.5. The number of nitrogens with zero attached hydrogens (tertiary/aromatic N) is 6. The molecule has 3 fully saturated rings. The van der Waals surface area contributed by atoms with E-state index in [-0.39, 0.29) is 69.7 Å². The maximum atomic E-state index is 17.1. The van der Waals surface area contributed by atoms with Gasteiger partial charge in [0, 0.05) is 72.4 Å². The number of hydrogen-bond acceptors (Lipinski definition) is 8. The lowest BCUT2D eigenvalue weighted by molar-refractivity contribution is -0.137. The number of piperazine rings is 1. The van der Waals surface area contributed by atoms with Crippen molar-refractivity contribution in [1.82, 2.24) is 24.8 Å². The van der Waals surface area contributed by atoms with Crippen LogP contribution in [0, 0.1) is 30.0 Å². The van der Waals surface area contributed by atoms with E-state index in [9.17, 15) is 5.26 Å². The van der Waals surface area contributed by atoms with Crippen LogP contribution in [0.2, 0.25) is 0 Å². The second-order valence-electron chi connectivity index (χ2n) is 12.7. The van der Waals surface area contributed by atoms with Crippen molar-refractivity contribution in [1.29, 1.82) is 5.26 Å². The Labute approximate surface area is 257 Å². The van der Waals surface area contributed by atoms with Crippen molar-refractivity contribution in [3.63, 3.8) is 0 Å². The number of anilines is 2. The average Bonchev–Trinajstić information content (AvgIpc) is 3.46. The van der Waals surface area contributed by atoms with Gasteiger partial charge in [-0.25, -0.2) is 4.39 Å². The molecule has 9 nitrogen and oxygen atoms in total. The summed E-state index contributed by atoms with van der Waals surface area (Å²) in [6.07, 6.45) is -3.06. The fraction of sp³-hybridized carbons (Fsp3) is 0.469. The number of nitriles is 1. The Hall–Kier alpha value is -4.15. The average molecular weight is 623 g/mol. The highest BCUT2D eigenvalue weighted by Crippen LogP contribution is 2.48. The van der Waals surface area contributed by atoms with Crippen molar-refractivity contribution in [2.24, 2.45) is 13.0 Å². The van der Waals surface area contributed by atoms with Gasteiger partial charge >= 0.3 is 12.2 Å². The molecule has 2 aromatic heterocycles. The first-order valence-corrected chi connectivity index (χ1v) is 15.1. The highest BCUT2D eigenvalue weighted by Gasteiger charge is 2.41. The zero-order valence-electron chi connectivity index (χ0n) is 25.5. The molecule has 45 heavy (non-hydrogen) atoms. The minimum Gasteiger partial charge on any atom is -0.462 e. The Kier molecular flexibility index (Phi) is 6.87. The van der Waals surface area contributed by atoms with Gasteiger partial charge in [0.25, 0.3) is 0 Å². The summed E-state index contributed by atoms with van der Waals surface area (Å²) in [6.45, 7) is 5.92. The Morgan fingerprint density at radius 3 is 2.44 bits per heavy atom. The number of nitrogens with two attached hydrogens (primary N) is 1. The van der Waals surface area contributed by atoms with Crippen molar-refractivity contribution in [2.45, 2.75) is 51.0 Å². The van der Waals surface area contributed by atoms with E-state index >= 15 is 17.6 Å². The topological polar surface area (TPSA) is 108 Å². The summed E-state index contributed by atoms with van der Waals surface area (Å²) >= 11 is 0. The number of rotatable bonds is 5. The number of ether oxygens (including phenoxy) is 1. The molecule has 3 saturated heterocycles. The first-order chi connectivity index (χ1) is 21.4. The van der Waals surface area contributed by atoms with Gasteiger partial charge in [-0.15, -0.1) is 0 Å². The van der Waals surface area contributed by atoms with Gasteiger partial charge in [0.2, 0.25) is 0 Å². The van der Waals surface area contributed by atoms with E-state index in [1.54, 1.807) is 24.6 Å². The van der Waals surface area contributed by atoms with Crippen LogP contribution in [-0.2, 0) is 13.2 Å². The molecule has 3 aliphatic heterocycles. The van der Waals surface area contributed by atoms with Crippen molar-refractivity contribution in [3.05, 3.63) is 40.8 Å². The predicted octanol–water partition coefficient (Wildman–Crippen LogP) is 4.98. The number of aryl methyl sites for hydroxylation is 1. The van der Waals surface area contributed by atoms with E-state index in [0.717, 1.165) is 25.5 Å². The summed E-state index contributed by atoms with van der Waals surface area (Å²) in [5.41, 5.74) is 4.83. The van der Waals surface area contributed by atoms with Crippen molar-refractivity contribution in [3.8, 4) is 23.2 Å². The molecule has 0 amide bonds. The Morgan fingerprint density at radius 2 is 1.82 bits per heavy atom. The summed E-state index contributed by atoms with van der Waals surface area (Å²) in [7, 11) is 3.64. The van der Waals surface area contributed by atoms with E-state index in [4.69, 9.17) is 10.5 Å². The SMILES string of the molecule is Cc1c(-c2c(C(F)(F)F)cc3c(N4CC5CCC(C4)N5)nc(OC[C@@H]4[C@H](C)CN4C)nc3c2F)c2c(C#N)c(N)ccc2n1C. The van der Waals surface area contributed by atoms with Gasteiger partial charge in [0.1, 0.15) is 24.0 Å². The van der Waals surface area contributed by atoms with E-state index in [1.165, 1.54) is 6.07 Å². The number of nitrogen functional groups attached to an aromatic ring is 1. The minimum absolute atomic E-state index is 0.0127. The minimum atomic E-state index is -4.94. The molecule has 13 heteroatoms. The van der Waals surface area contributed by atoms with Crippen molar-refractivity contribution < 1.29 is 22.3 Å². The summed E-state index contributed by atoms with van der Waals surface area (Å²) in [5, 5.41) is 13.6. The second-order valence-corrected chi connectivity index (χ2v) is 12.7. The number of likely N-dealkylation sites (N-methyl/N-ethyl adjacent to an activating group) is 1. The van der Waals surface area contributed by atoms with Gasteiger partial charge in [-0.1, -0.05) is 6.92 Å². The van der Waals surface area contributed by atoms with Crippen LogP contribution in [0.25, 0.3) is 32.9 Å². The molecule has 2 bridgehead atoms. The molecular formula is C32H34F4N8O. The summed E-state index contributed by atoms with van der Waals surface area (Å²) in [6, 6.07) is 6.46. The smallest absolute Gasteiger partial charge is 0.417 e. The first-order valence-electron chi connectivity index (χ1n) is 15.1. The standard InChI is InChI=1S/C32H34F4N8O/c1-15-11-42(3)24(15)14-45-31-40-29-19(30(41-31)44-12-17-5-6-18(13-44)39-17)9-21(32(34,35)36)27(28(29)33)25-16(2)43(4)23-8-7-22(38)20(10-37)26(23)25/h7-9,15,17-18,24,39H,5-6,11-14,38H2,1-4H3/t15-,17?,18?,24-/m1/s1. The maximum Gasteiger partial charge on any atom is 0.417 e. The molecule has 0 spiro atoms. The maximum absolute atomic E-state index is 17.1. The molecule has 0 aliphatic carbocycles. The zero-order chi connectivity index (χ0) is 31.9. The van der Waals surface area contributed by atoms with E-state index in [0.29, 0.717) is 30.2 Å². The summed E-state index contributed by atoms with van der Waals surface area (Å²) < 4.78 is 69.8. The third-order valence-electron chi connectivity index (χ3n) is 9.95. The van der Waals surface area contributed by atoms with Crippen LogP contribution >= 0.6 is 0 Å². The van der Waals surface area contributed by atoms with E-state index in [1.807, 2.05) is 18.0 Å². The molecule has 7 rings (SSSR count). The third-order valence-corrected chi connectivity index (χ3v) is 9.95. The number of fused-ring (bicyclic) bond motifs is 4. The molecule has 5 heterocycles. The largest absolute Gasteiger partial charge is 0.462 e. The fourth-order valence-corrected chi connectivity index (χ4v) is 7.49. The molecular weight excluding hydrogens is 588 g/mol. The number of alkyl halides is 3. The zero-order valence-corrected chi connectivity index (χ0v) is 25.5. The van der Waals surface area contributed by atoms with E-state index in [2.05, 4.69) is 27.1 Å². The van der Waals surface area contributed by atoms with Gasteiger partial charge < -0.3 is 25.3 Å². The highest BCUT2D eigenvalue weighted by atomic mass is 19.4. The third kappa shape index (κ3) is 4.65. The van der Waals surface area contributed by atoms with Crippen LogP contribution in [0.5, 0.6) is 6.01 Å². The van der Waals surface area contributed by atoms with Crippen LogP contribution in [0.3, 0.4) is 0 Å². The summed E-state index contributed by atoms with van der Waals surface area (Å²) in [4.78, 5) is 13.1. The van der Waals surface area contributed by atoms with Crippen LogP contribution in [-0.4, -0.2) is 70.8 Å². The Balaban J connectivity index is 1.50. The van der Waals surface area contributed by atoms with Gasteiger partial charge in [-0.2, -0.15) is 28.4 Å². The predicted molar refractivity (Wildman–Crippen MR) is 164 cm³/mol. The van der Waals surface area contributed by atoms with Crippen LogP contribution in [0.4, 0.5) is 29.1 Å². The molecule has 2 aromatic carbocycles. The van der Waals surface area contributed by atoms with Crippen LogP contribution < -0.4 is 20.7 Å². The van der Waals surface area contributed by atoms with E-state index < -0.39 is 23.1 Å². The van der Waals surface area contributed by atoms with Gasteiger partial charge in [-0.3, -0.25) is 4.90 Å². The lowest BCUT2D eigenvalue weighted by Crippen LogP contribution is -2.55. The lowest BCUT2D eigenvalue weighted by Gasteiger charge is -2.43. The van der Waals surface area contributed by atoms with Gasteiger partial charge in [0.05, 0.1) is 22.3 Å². The molecule has 3 N–H and O–H groups in total. The van der Waals surface area contributed by atoms with Crippen LogP contribution in [0.15, 0.2) is 18.2 Å². The Bertz CT molecular complexity index is 1880. The fourth-order valence-electron chi connectivity index (χ4n) is 7.49. The molecule has 236 valence electrons. The molecule has 4 aromatic rings. The quantitative estimate of drug-likeness (QED) is 0.237. The monoisotopic (exact) mass is 622 g/mol. The molecule has 2 unspecified atom stereocenters. The first kappa shape index (κ1) is 29.6. The summed E-state index contributed by atoms with van der Waals surface area (Å²) in [5.74, 6) is -0.550. The van der Waals surface area contributed by atoms with Gasteiger partial charge in [-0.05, 0) is 50.9 Å². The number of likely N-dealkylation sites (tertiary alicyclic amines) is 1. The second kappa shape index (κ2) is 10.5. The van der Waals surface area contributed by atoms with Gasteiger partial charge in [0.15, 0.2) is 5.82 Å². The molecule has 4 atom stereocenters. The lowest BCUT2D eigenvalue weighted by atomic mass is 9.92. The molecule has 0 radical (unpaired) electrons. The van der Waals surface area contributed by atoms with Crippen LogP contribution in [0.1, 0.15) is 36.6 Å². The Morgan fingerprint density at radius 1 is 1.11 bits per heavy atom.